The van der Waals surface area contributed by atoms with Crippen LogP contribution in [0.3, 0.4) is 0 Å². The largest absolute Gasteiger partial charge is 0.395 e. The average molecular weight is 429 g/mol. The molecule has 8 heteroatoms. The van der Waals surface area contributed by atoms with E-state index in [0.717, 1.165) is 48.2 Å². The number of amides is 1. The first-order valence-electron chi connectivity index (χ1n) is 10.6. The maximum atomic E-state index is 13.4. The highest BCUT2D eigenvalue weighted by molar-refractivity contribution is 6.33. The SMILES string of the molecule is O=C1N(CCO)c2cccc(Cl)c2C12CCN(c1nc3c(c(=O)[nH]1)CCCC3)CC2. The Kier molecular flexibility index (Phi) is 4.82. The lowest BCUT2D eigenvalue weighted by atomic mass is 9.73. The average Bonchev–Trinajstić information content (AvgIpc) is 2.98. The van der Waals surface area contributed by atoms with Crippen molar-refractivity contribution in [3.05, 3.63) is 50.4 Å². The lowest BCUT2D eigenvalue weighted by Crippen LogP contribution is -2.50. The summed E-state index contributed by atoms with van der Waals surface area (Å²) in [5.41, 5.74) is 2.69. The summed E-state index contributed by atoms with van der Waals surface area (Å²) in [4.78, 5) is 37.4. The number of carbonyl (C=O) groups is 1. The van der Waals surface area contributed by atoms with E-state index in [1.807, 2.05) is 18.2 Å². The van der Waals surface area contributed by atoms with E-state index in [0.29, 0.717) is 36.9 Å². The molecule has 1 amide bonds. The molecule has 0 saturated carbocycles. The molecule has 30 heavy (non-hydrogen) atoms. The quantitative estimate of drug-likeness (QED) is 0.782. The van der Waals surface area contributed by atoms with Crippen LogP contribution < -0.4 is 15.4 Å². The number of benzene rings is 1. The molecule has 1 spiro atoms. The molecule has 3 aliphatic rings. The van der Waals surface area contributed by atoms with Crippen LogP contribution in [0.5, 0.6) is 0 Å². The molecule has 1 aliphatic carbocycles. The summed E-state index contributed by atoms with van der Waals surface area (Å²) in [6.45, 7) is 1.37. The number of nitrogens with zero attached hydrogens (tertiary/aromatic N) is 3. The number of β-amino-alcohol motifs (C(OH)–C–C–N with tert-alkyl or cyclic N) is 1. The summed E-state index contributed by atoms with van der Waals surface area (Å²) >= 11 is 6.56. The van der Waals surface area contributed by atoms with Gasteiger partial charge in [-0.05, 0) is 50.7 Å². The number of H-pyrrole nitrogens is 1. The minimum Gasteiger partial charge on any atom is -0.395 e. The molecule has 0 radical (unpaired) electrons. The topological polar surface area (TPSA) is 89.5 Å². The standard InChI is InChI=1S/C22H25ClN4O3/c23-15-5-3-7-17-18(15)22(20(30)27(17)12-13-28)8-10-26(11-9-22)21-24-16-6-2-1-4-14(16)19(29)25-21/h3,5,7,28H,1-2,4,6,8-13H2,(H,24,25,29). The predicted molar refractivity (Wildman–Crippen MR) is 116 cm³/mol. The first-order valence-corrected chi connectivity index (χ1v) is 11.0. The van der Waals surface area contributed by atoms with E-state index in [9.17, 15) is 14.7 Å². The normalized spacial score (nSPS) is 19.9. The van der Waals surface area contributed by atoms with Crippen molar-refractivity contribution < 1.29 is 9.90 Å². The molecule has 0 atom stereocenters. The Morgan fingerprint density at radius 2 is 1.93 bits per heavy atom. The van der Waals surface area contributed by atoms with Crippen LogP contribution in [0.1, 0.15) is 42.5 Å². The summed E-state index contributed by atoms with van der Waals surface area (Å²) in [5, 5.41) is 10.1. The zero-order chi connectivity index (χ0) is 20.9. The third kappa shape index (κ3) is 2.87. The molecule has 0 bridgehead atoms. The number of rotatable bonds is 3. The number of aliphatic hydroxyl groups excluding tert-OH is 1. The molecule has 1 saturated heterocycles. The molecular weight excluding hydrogens is 404 g/mol. The zero-order valence-electron chi connectivity index (χ0n) is 16.8. The zero-order valence-corrected chi connectivity index (χ0v) is 17.5. The number of aryl methyl sites for hydroxylation is 1. The van der Waals surface area contributed by atoms with Crippen LogP contribution in [0.25, 0.3) is 0 Å². The minimum absolute atomic E-state index is 0.00573. The van der Waals surface area contributed by atoms with Crippen molar-refractivity contribution in [3.63, 3.8) is 0 Å². The number of halogens is 1. The number of nitrogens with one attached hydrogen (secondary N) is 1. The Morgan fingerprint density at radius 3 is 2.70 bits per heavy atom. The number of aromatic amines is 1. The number of anilines is 2. The van der Waals surface area contributed by atoms with E-state index in [2.05, 4.69) is 9.88 Å². The third-order valence-electron chi connectivity index (χ3n) is 6.83. The van der Waals surface area contributed by atoms with Gasteiger partial charge in [0.25, 0.3) is 5.56 Å². The first kappa shape index (κ1) is 19.6. The van der Waals surface area contributed by atoms with Crippen molar-refractivity contribution >= 4 is 29.1 Å². The second-order valence-corrected chi connectivity index (χ2v) is 8.81. The van der Waals surface area contributed by atoms with Crippen LogP contribution in [0.2, 0.25) is 5.02 Å². The Morgan fingerprint density at radius 1 is 1.17 bits per heavy atom. The molecule has 1 aromatic heterocycles. The van der Waals surface area contributed by atoms with E-state index in [1.54, 1.807) is 4.90 Å². The maximum absolute atomic E-state index is 13.4. The van der Waals surface area contributed by atoms with Gasteiger partial charge in [-0.25, -0.2) is 4.98 Å². The Hall–Kier alpha value is -2.38. The summed E-state index contributed by atoms with van der Waals surface area (Å²) in [6, 6.07) is 5.57. The van der Waals surface area contributed by atoms with Crippen LogP contribution in [0.15, 0.2) is 23.0 Å². The fourth-order valence-corrected chi connectivity index (χ4v) is 5.66. The monoisotopic (exact) mass is 428 g/mol. The van der Waals surface area contributed by atoms with Gasteiger partial charge in [-0.3, -0.25) is 14.6 Å². The molecule has 2 N–H and O–H groups in total. The first-order chi connectivity index (χ1) is 14.5. The van der Waals surface area contributed by atoms with Gasteiger partial charge in [-0.15, -0.1) is 0 Å². The number of hydrogen-bond donors (Lipinski definition) is 2. The van der Waals surface area contributed by atoms with Crippen LogP contribution in [0.4, 0.5) is 11.6 Å². The highest BCUT2D eigenvalue weighted by Gasteiger charge is 2.53. The number of fused-ring (bicyclic) bond motifs is 3. The van der Waals surface area contributed by atoms with Gasteiger partial charge in [0.2, 0.25) is 11.9 Å². The molecule has 2 aliphatic heterocycles. The van der Waals surface area contributed by atoms with Crippen LogP contribution in [0, 0.1) is 0 Å². The molecule has 3 heterocycles. The summed E-state index contributed by atoms with van der Waals surface area (Å²) < 4.78 is 0. The van der Waals surface area contributed by atoms with Gasteiger partial charge >= 0.3 is 0 Å². The van der Waals surface area contributed by atoms with Crippen molar-refractivity contribution in [2.75, 3.05) is 36.0 Å². The Balaban J connectivity index is 1.45. The molecule has 1 fully saturated rings. The summed E-state index contributed by atoms with van der Waals surface area (Å²) in [5.74, 6) is 0.610. The van der Waals surface area contributed by atoms with Crippen LogP contribution >= 0.6 is 11.6 Å². The van der Waals surface area contributed by atoms with Crippen molar-refractivity contribution in [2.24, 2.45) is 0 Å². The van der Waals surface area contributed by atoms with Gasteiger partial charge in [0, 0.05) is 41.5 Å². The summed E-state index contributed by atoms with van der Waals surface area (Å²) in [6.07, 6.45) is 4.93. The highest BCUT2D eigenvalue weighted by Crippen LogP contribution is 2.50. The number of aliphatic hydroxyl groups is 1. The second kappa shape index (κ2) is 7.39. The lowest BCUT2D eigenvalue weighted by molar-refractivity contribution is -0.124. The van der Waals surface area contributed by atoms with Crippen molar-refractivity contribution in [2.45, 2.75) is 43.9 Å². The van der Waals surface area contributed by atoms with E-state index in [1.165, 1.54) is 0 Å². The molecule has 0 unspecified atom stereocenters. The van der Waals surface area contributed by atoms with E-state index < -0.39 is 5.41 Å². The fourth-order valence-electron chi connectivity index (χ4n) is 5.31. The molecule has 1 aromatic carbocycles. The molecular formula is C22H25ClN4O3. The molecule has 158 valence electrons. The van der Waals surface area contributed by atoms with Crippen molar-refractivity contribution in [1.29, 1.82) is 0 Å². The van der Waals surface area contributed by atoms with Gasteiger partial charge in [0.1, 0.15) is 0 Å². The number of aromatic nitrogens is 2. The number of piperidine rings is 1. The van der Waals surface area contributed by atoms with Crippen molar-refractivity contribution in [3.8, 4) is 0 Å². The smallest absolute Gasteiger partial charge is 0.255 e. The number of carbonyl (C=O) groups excluding carboxylic acids is 1. The van der Waals surface area contributed by atoms with E-state index in [-0.39, 0.29) is 24.6 Å². The van der Waals surface area contributed by atoms with E-state index in [4.69, 9.17) is 16.6 Å². The molecule has 7 nitrogen and oxygen atoms in total. The molecule has 5 rings (SSSR count). The fraction of sp³-hybridized carbons (Fsp3) is 0.500. The van der Waals surface area contributed by atoms with Crippen LogP contribution in [-0.2, 0) is 23.1 Å². The summed E-state index contributed by atoms with van der Waals surface area (Å²) in [7, 11) is 0. The highest BCUT2D eigenvalue weighted by atomic mass is 35.5. The van der Waals surface area contributed by atoms with E-state index >= 15 is 0 Å². The van der Waals surface area contributed by atoms with Gasteiger partial charge in [0.15, 0.2) is 0 Å². The van der Waals surface area contributed by atoms with Gasteiger partial charge < -0.3 is 14.9 Å². The van der Waals surface area contributed by atoms with Crippen LogP contribution in [-0.4, -0.2) is 47.2 Å². The van der Waals surface area contributed by atoms with Gasteiger partial charge in [-0.1, -0.05) is 17.7 Å². The van der Waals surface area contributed by atoms with Crippen molar-refractivity contribution in [1.82, 2.24) is 9.97 Å². The Bertz CT molecular complexity index is 1060. The Labute approximate surface area is 179 Å². The third-order valence-corrected chi connectivity index (χ3v) is 7.15. The van der Waals surface area contributed by atoms with Gasteiger partial charge in [-0.2, -0.15) is 0 Å². The second-order valence-electron chi connectivity index (χ2n) is 8.41. The molecule has 2 aromatic rings. The number of hydrogen-bond acceptors (Lipinski definition) is 5. The minimum atomic E-state index is -0.687. The lowest BCUT2D eigenvalue weighted by Gasteiger charge is -2.39. The predicted octanol–water partition coefficient (Wildman–Crippen LogP) is 2.18. The maximum Gasteiger partial charge on any atom is 0.255 e. The van der Waals surface area contributed by atoms with Gasteiger partial charge in [0.05, 0.1) is 17.7 Å².